The van der Waals surface area contributed by atoms with E-state index in [1.54, 1.807) is 6.08 Å². The number of hydrogen-bond acceptors (Lipinski definition) is 2. The maximum absolute atomic E-state index is 11.8. The van der Waals surface area contributed by atoms with Crippen LogP contribution in [0.1, 0.15) is 27.2 Å². The normalized spacial score (nSPS) is 13.1. The molecule has 100 valence electrons. The smallest absolute Gasteiger partial charge is 0.124 e. The Hall–Kier alpha value is -1.13. The number of ether oxygens (including phenoxy) is 1. The van der Waals surface area contributed by atoms with E-state index in [4.69, 9.17) is 4.74 Å². The zero-order chi connectivity index (χ0) is 13.6. The van der Waals surface area contributed by atoms with Gasteiger partial charge in [-0.15, -0.1) is 0 Å². The van der Waals surface area contributed by atoms with Gasteiger partial charge in [-0.2, -0.15) is 0 Å². The molecule has 0 heterocycles. The van der Waals surface area contributed by atoms with Crippen molar-refractivity contribution in [3.63, 3.8) is 0 Å². The van der Waals surface area contributed by atoms with Crippen molar-refractivity contribution in [3.05, 3.63) is 36.9 Å². The van der Waals surface area contributed by atoms with Crippen LogP contribution < -0.4 is 9.46 Å². The molecule has 3 nitrogen and oxygen atoms in total. The van der Waals surface area contributed by atoms with Crippen molar-refractivity contribution in [3.8, 4) is 5.75 Å². The van der Waals surface area contributed by atoms with Crippen LogP contribution in [0.15, 0.2) is 41.8 Å². The zero-order valence-corrected chi connectivity index (χ0v) is 12.0. The molecule has 1 aromatic carbocycles. The highest BCUT2D eigenvalue weighted by Gasteiger charge is 2.14. The van der Waals surface area contributed by atoms with E-state index in [0.717, 1.165) is 23.6 Å². The molecule has 0 aliphatic carbocycles. The Morgan fingerprint density at radius 1 is 1.39 bits per heavy atom. The second-order valence-electron chi connectivity index (χ2n) is 4.54. The average molecular weight is 267 g/mol. The lowest BCUT2D eigenvalue weighted by Gasteiger charge is -2.22. The maximum Gasteiger partial charge on any atom is 0.124 e. The van der Waals surface area contributed by atoms with Gasteiger partial charge in [0.2, 0.25) is 0 Å². The number of hydrogen-bond donors (Lipinski definition) is 1. The molecule has 0 saturated heterocycles. The first-order valence-electron chi connectivity index (χ1n) is 6.06. The molecular weight excluding hydrogens is 246 g/mol. The van der Waals surface area contributed by atoms with Crippen molar-refractivity contribution in [2.75, 3.05) is 6.54 Å². The van der Waals surface area contributed by atoms with Crippen molar-refractivity contribution >= 4 is 11.0 Å². The van der Waals surface area contributed by atoms with Crippen LogP contribution in [-0.2, 0) is 11.0 Å². The number of nitrogens with one attached hydrogen (secondary N) is 1. The minimum absolute atomic E-state index is 0.402. The van der Waals surface area contributed by atoms with Gasteiger partial charge in [0.15, 0.2) is 0 Å². The Kier molecular flexibility index (Phi) is 5.56. The molecule has 0 radical (unpaired) electrons. The van der Waals surface area contributed by atoms with Crippen molar-refractivity contribution in [1.29, 1.82) is 0 Å². The molecule has 1 rings (SSSR count). The summed E-state index contributed by atoms with van der Waals surface area (Å²) in [5.74, 6) is 0.746. The molecule has 0 aliphatic rings. The summed E-state index contributed by atoms with van der Waals surface area (Å²) in [6, 6.07) is 7.28. The van der Waals surface area contributed by atoms with Crippen molar-refractivity contribution < 1.29 is 8.95 Å². The summed E-state index contributed by atoms with van der Waals surface area (Å²) in [7, 11) is -1.14. The van der Waals surface area contributed by atoms with E-state index in [2.05, 4.69) is 11.3 Å². The molecule has 0 fully saturated rings. The minimum Gasteiger partial charge on any atom is -0.484 e. The Bertz CT molecular complexity index is 412. The lowest BCUT2D eigenvalue weighted by Crippen LogP contribution is -2.24. The summed E-state index contributed by atoms with van der Waals surface area (Å²) in [4.78, 5) is 0.757. The van der Waals surface area contributed by atoms with Crippen LogP contribution in [0, 0.1) is 0 Å². The van der Waals surface area contributed by atoms with Crippen molar-refractivity contribution in [1.82, 2.24) is 4.72 Å². The van der Waals surface area contributed by atoms with E-state index in [9.17, 15) is 4.21 Å². The Morgan fingerprint density at radius 2 is 2.00 bits per heavy atom. The third-order valence-electron chi connectivity index (χ3n) is 2.39. The van der Waals surface area contributed by atoms with Crippen LogP contribution in [0.2, 0.25) is 0 Å². The fourth-order valence-electron chi connectivity index (χ4n) is 1.25. The highest BCUT2D eigenvalue weighted by Crippen LogP contribution is 2.20. The summed E-state index contributed by atoms with van der Waals surface area (Å²) in [5, 5.41) is 0. The average Bonchev–Trinajstić information content (AvgIpc) is 2.36. The van der Waals surface area contributed by atoms with Gasteiger partial charge in [0.25, 0.3) is 0 Å². The molecular formula is C14H21NO2S. The first kappa shape index (κ1) is 14.9. The van der Waals surface area contributed by atoms with Gasteiger partial charge in [0.05, 0.1) is 4.90 Å². The zero-order valence-electron chi connectivity index (χ0n) is 11.2. The fraction of sp³-hybridized carbons (Fsp3) is 0.429. The molecule has 0 saturated carbocycles. The quantitative estimate of drug-likeness (QED) is 0.771. The van der Waals surface area contributed by atoms with E-state index >= 15 is 0 Å². The molecule has 4 heteroatoms. The molecule has 0 aromatic heterocycles. The second kappa shape index (κ2) is 6.71. The van der Waals surface area contributed by atoms with Crippen LogP contribution in [0.5, 0.6) is 5.75 Å². The Balaban J connectivity index is 2.68. The molecule has 1 unspecified atom stereocenters. The first-order chi connectivity index (χ1) is 8.48. The summed E-state index contributed by atoms with van der Waals surface area (Å²) < 4.78 is 20.5. The fourth-order valence-corrected chi connectivity index (χ4v) is 2.19. The molecule has 1 atom stereocenters. The predicted octanol–water partition coefficient (Wildman–Crippen LogP) is 3.05. The van der Waals surface area contributed by atoms with Gasteiger partial charge in [0, 0.05) is 6.54 Å². The largest absolute Gasteiger partial charge is 0.484 e. The minimum atomic E-state index is -1.14. The van der Waals surface area contributed by atoms with E-state index in [1.165, 1.54) is 0 Å². The topological polar surface area (TPSA) is 38.3 Å². The predicted molar refractivity (Wildman–Crippen MR) is 76.0 cm³/mol. The van der Waals surface area contributed by atoms with Crippen molar-refractivity contribution in [2.24, 2.45) is 0 Å². The van der Waals surface area contributed by atoms with E-state index in [-0.39, 0.29) is 0 Å². The summed E-state index contributed by atoms with van der Waals surface area (Å²) >= 11 is 0. The van der Waals surface area contributed by atoms with E-state index in [0.29, 0.717) is 0 Å². The molecule has 0 bridgehead atoms. The van der Waals surface area contributed by atoms with Crippen LogP contribution in [0.25, 0.3) is 0 Å². The standard InChI is InChI=1S/C14H21NO2S/c1-5-11-15-18(16)13-9-7-12(8-10-13)17-14(3,4)6-2/h6-10,15H,2,5,11H2,1,3-4H3. The van der Waals surface area contributed by atoms with Gasteiger partial charge in [0.1, 0.15) is 22.3 Å². The van der Waals surface area contributed by atoms with E-state index < -0.39 is 16.6 Å². The molecule has 0 amide bonds. The third-order valence-corrected chi connectivity index (χ3v) is 3.56. The van der Waals surface area contributed by atoms with E-state index in [1.807, 2.05) is 45.0 Å². The summed E-state index contributed by atoms with van der Waals surface area (Å²) in [6.45, 7) is 10.4. The van der Waals surface area contributed by atoms with Gasteiger partial charge in [-0.25, -0.2) is 8.93 Å². The Labute approximate surface area is 112 Å². The van der Waals surface area contributed by atoms with Gasteiger partial charge < -0.3 is 4.74 Å². The van der Waals surface area contributed by atoms with Gasteiger partial charge >= 0.3 is 0 Å². The maximum atomic E-state index is 11.8. The highest BCUT2D eigenvalue weighted by atomic mass is 32.2. The van der Waals surface area contributed by atoms with Gasteiger partial charge in [-0.1, -0.05) is 13.5 Å². The van der Waals surface area contributed by atoms with Crippen LogP contribution in [0.3, 0.4) is 0 Å². The molecule has 1 aromatic rings. The lowest BCUT2D eigenvalue weighted by molar-refractivity contribution is 0.162. The second-order valence-corrected chi connectivity index (χ2v) is 5.84. The van der Waals surface area contributed by atoms with Crippen molar-refractivity contribution in [2.45, 2.75) is 37.7 Å². The lowest BCUT2D eigenvalue weighted by atomic mass is 10.1. The molecule has 18 heavy (non-hydrogen) atoms. The Morgan fingerprint density at radius 3 is 2.50 bits per heavy atom. The van der Waals surface area contributed by atoms with Crippen LogP contribution in [-0.4, -0.2) is 16.4 Å². The summed E-state index contributed by atoms with van der Waals surface area (Å²) in [6.07, 6.45) is 2.71. The highest BCUT2D eigenvalue weighted by molar-refractivity contribution is 7.83. The molecule has 0 aliphatic heterocycles. The number of rotatable bonds is 7. The first-order valence-corrected chi connectivity index (χ1v) is 7.21. The number of benzene rings is 1. The monoisotopic (exact) mass is 267 g/mol. The molecule has 0 spiro atoms. The third kappa shape index (κ3) is 4.63. The SMILES string of the molecule is C=CC(C)(C)Oc1ccc(S(=O)NCCC)cc1. The van der Waals surface area contributed by atoms with Crippen LogP contribution in [0.4, 0.5) is 0 Å². The summed E-state index contributed by atoms with van der Waals surface area (Å²) in [5.41, 5.74) is -0.402. The van der Waals surface area contributed by atoms with Gasteiger partial charge in [-0.3, -0.25) is 0 Å². The molecule has 1 N–H and O–H groups in total. The van der Waals surface area contributed by atoms with Gasteiger partial charge in [-0.05, 0) is 50.6 Å². The van der Waals surface area contributed by atoms with Crippen LogP contribution >= 0.6 is 0 Å².